The van der Waals surface area contributed by atoms with Gasteiger partial charge in [-0.05, 0) is 43.9 Å². The van der Waals surface area contributed by atoms with Crippen LogP contribution >= 0.6 is 0 Å². The summed E-state index contributed by atoms with van der Waals surface area (Å²) in [6.07, 6.45) is 2.52. The topological polar surface area (TPSA) is 75.4 Å². The molecule has 0 aliphatic carbocycles. The maximum absolute atomic E-state index is 13.2. The van der Waals surface area contributed by atoms with Gasteiger partial charge in [0.1, 0.15) is 0 Å². The molecule has 1 aliphatic rings. The first kappa shape index (κ1) is 19.2. The van der Waals surface area contributed by atoms with Crippen LogP contribution < -0.4 is 11.1 Å². The highest BCUT2D eigenvalue weighted by atomic mass is 19.3. The van der Waals surface area contributed by atoms with Crippen molar-refractivity contribution in [2.75, 3.05) is 31.6 Å². The van der Waals surface area contributed by atoms with Crippen LogP contribution in [0.2, 0.25) is 0 Å². The van der Waals surface area contributed by atoms with Crippen LogP contribution in [0.4, 0.5) is 18.9 Å². The van der Waals surface area contributed by atoms with E-state index in [2.05, 4.69) is 5.32 Å². The molecule has 0 aromatic heterocycles. The van der Waals surface area contributed by atoms with Gasteiger partial charge in [0.25, 0.3) is 0 Å². The fourth-order valence-electron chi connectivity index (χ4n) is 2.86. The zero-order valence-corrected chi connectivity index (χ0v) is 13.8. The molecule has 25 heavy (non-hydrogen) atoms. The highest BCUT2D eigenvalue weighted by Gasteiger charge is 2.31. The molecule has 0 atom stereocenters. The van der Waals surface area contributed by atoms with E-state index in [4.69, 9.17) is 5.73 Å². The zero-order valence-electron chi connectivity index (χ0n) is 13.8. The number of nitrogens with one attached hydrogen (secondary N) is 1. The molecule has 138 valence electrons. The van der Waals surface area contributed by atoms with Gasteiger partial charge in [-0.2, -0.15) is 8.78 Å². The number of halogens is 3. The molecular weight excluding hydrogens is 335 g/mol. The monoisotopic (exact) mass is 357 g/mol. The Labute approximate surface area is 144 Å². The number of nitrogens with two attached hydrogens (primary N) is 1. The molecule has 0 unspecified atom stereocenters. The number of likely N-dealkylation sites (tertiary alicyclic amines) is 1. The first-order valence-electron chi connectivity index (χ1n) is 8.22. The molecule has 8 heteroatoms. The van der Waals surface area contributed by atoms with Crippen molar-refractivity contribution >= 4 is 17.5 Å². The predicted molar refractivity (Wildman–Crippen MR) is 87.9 cm³/mol. The van der Waals surface area contributed by atoms with Crippen LogP contribution in [-0.4, -0.2) is 43.0 Å². The van der Waals surface area contributed by atoms with Gasteiger partial charge in [-0.1, -0.05) is 12.1 Å². The Kier molecular flexibility index (Phi) is 6.41. The molecule has 1 heterocycles. The molecule has 1 saturated heterocycles. The number of rotatable bonds is 5. The summed E-state index contributed by atoms with van der Waals surface area (Å²) in [5.74, 6) is -4.56. The van der Waals surface area contributed by atoms with E-state index in [1.54, 1.807) is 0 Å². The minimum absolute atomic E-state index is 0.203. The van der Waals surface area contributed by atoms with Gasteiger partial charge in [0, 0.05) is 24.3 Å². The fourth-order valence-corrected chi connectivity index (χ4v) is 2.86. The van der Waals surface area contributed by atoms with Crippen molar-refractivity contribution in [1.29, 1.82) is 0 Å². The van der Waals surface area contributed by atoms with Crippen LogP contribution in [0.15, 0.2) is 24.3 Å². The minimum Gasteiger partial charge on any atom is -0.334 e. The van der Waals surface area contributed by atoms with Gasteiger partial charge in [0.15, 0.2) is 6.67 Å². The SMILES string of the molecule is NCCC1CCN(C(=O)C(=O)Nc2ccc(C(F)(F)CF)cc2)CC1. The average Bonchev–Trinajstić information content (AvgIpc) is 2.62. The number of benzene rings is 1. The van der Waals surface area contributed by atoms with Gasteiger partial charge in [0.05, 0.1) is 0 Å². The van der Waals surface area contributed by atoms with E-state index in [1.807, 2.05) is 0 Å². The second-order valence-electron chi connectivity index (χ2n) is 6.18. The number of piperidine rings is 1. The molecular formula is C17H22F3N3O2. The normalized spacial score (nSPS) is 15.9. The number of alkyl halides is 3. The first-order chi connectivity index (χ1) is 11.9. The van der Waals surface area contributed by atoms with Gasteiger partial charge in [-0.25, -0.2) is 4.39 Å². The van der Waals surface area contributed by atoms with E-state index in [0.717, 1.165) is 31.4 Å². The second-order valence-corrected chi connectivity index (χ2v) is 6.18. The Bertz CT molecular complexity index is 600. The Morgan fingerprint density at radius 1 is 1.20 bits per heavy atom. The molecule has 5 nitrogen and oxygen atoms in total. The molecule has 0 radical (unpaired) electrons. The van der Waals surface area contributed by atoms with Crippen LogP contribution in [0.3, 0.4) is 0 Å². The summed E-state index contributed by atoms with van der Waals surface area (Å²) in [6.45, 7) is -0.189. The lowest BCUT2D eigenvalue weighted by molar-refractivity contribution is -0.144. The summed E-state index contributed by atoms with van der Waals surface area (Å²) in [7, 11) is 0. The van der Waals surface area contributed by atoms with Crippen LogP contribution in [0.25, 0.3) is 0 Å². The molecule has 1 aliphatic heterocycles. The van der Waals surface area contributed by atoms with Gasteiger partial charge >= 0.3 is 17.7 Å². The van der Waals surface area contributed by atoms with Crippen molar-refractivity contribution in [3.05, 3.63) is 29.8 Å². The van der Waals surface area contributed by atoms with Gasteiger partial charge in [0.2, 0.25) is 0 Å². The summed E-state index contributed by atoms with van der Waals surface area (Å²) in [5, 5.41) is 2.38. The zero-order chi connectivity index (χ0) is 18.4. The third kappa shape index (κ3) is 4.94. The van der Waals surface area contributed by atoms with E-state index in [-0.39, 0.29) is 5.69 Å². The Hall–Kier alpha value is -2.09. The van der Waals surface area contributed by atoms with E-state index in [1.165, 1.54) is 17.0 Å². The molecule has 1 fully saturated rings. The van der Waals surface area contributed by atoms with Crippen LogP contribution in [0.1, 0.15) is 24.8 Å². The van der Waals surface area contributed by atoms with Crippen molar-refractivity contribution in [3.8, 4) is 0 Å². The van der Waals surface area contributed by atoms with Gasteiger partial charge in [-0.15, -0.1) is 0 Å². The number of carbonyl (C=O) groups excluding carboxylic acids is 2. The number of hydrogen-bond donors (Lipinski definition) is 2. The quantitative estimate of drug-likeness (QED) is 0.794. The molecule has 0 bridgehead atoms. The highest BCUT2D eigenvalue weighted by molar-refractivity contribution is 6.39. The van der Waals surface area contributed by atoms with E-state index in [0.29, 0.717) is 25.6 Å². The van der Waals surface area contributed by atoms with E-state index < -0.39 is 30.0 Å². The first-order valence-corrected chi connectivity index (χ1v) is 8.22. The molecule has 2 rings (SSSR count). The fraction of sp³-hybridized carbons (Fsp3) is 0.529. The third-order valence-corrected chi connectivity index (χ3v) is 4.40. The standard InChI is InChI=1S/C17H22F3N3O2/c18-11-17(19,20)13-1-3-14(4-2-13)22-15(24)16(25)23-9-6-12(5-8-21)7-10-23/h1-4,12H,5-11,21H2,(H,22,24). The second kappa shape index (κ2) is 8.33. The van der Waals surface area contributed by atoms with Gasteiger partial charge in [-0.3, -0.25) is 9.59 Å². The van der Waals surface area contributed by atoms with Crippen molar-refractivity contribution in [1.82, 2.24) is 4.90 Å². The number of hydrogen-bond acceptors (Lipinski definition) is 3. The number of nitrogens with zero attached hydrogens (tertiary/aromatic N) is 1. The summed E-state index contributed by atoms with van der Waals surface area (Å²) in [5.41, 5.74) is 5.24. The maximum atomic E-state index is 13.2. The Balaban J connectivity index is 1.90. The summed E-state index contributed by atoms with van der Waals surface area (Å²) < 4.78 is 38.7. The third-order valence-electron chi connectivity index (χ3n) is 4.40. The average molecular weight is 357 g/mol. The van der Waals surface area contributed by atoms with Crippen LogP contribution in [0.5, 0.6) is 0 Å². The molecule has 1 aromatic carbocycles. The van der Waals surface area contributed by atoms with Crippen LogP contribution in [0, 0.1) is 5.92 Å². The number of amides is 2. The number of anilines is 1. The smallest absolute Gasteiger partial charge is 0.313 e. The molecule has 0 saturated carbocycles. The Morgan fingerprint density at radius 3 is 2.32 bits per heavy atom. The number of carbonyl (C=O) groups is 2. The lowest BCUT2D eigenvalue weighted by atomic mass is 9.93. The lowest BCUT2D eigenvalue weighted by Gasteiger charge is -2.31. The summed E-state index contributed by atoms with van der Waals surface area (Å²) in [6, 6.07) is 4.49. The molecule has 2 amide bonds. The van der Waals surface area contributed by atoms with Crippen LogP contribution in [-0.2, 0) is 15.5 Å². The maximum Gasteiger partial charge on any atom is 0.313 e. The van der Waals surface area contributed by atoms with E-state index in [9.17, 15) is 22.8 Å². The molecule has 0 spiro atoms. The highest BCUT2D eigenvalue weighted by Crippen LogP contribution is 2.29. The summed E-state index contributed by atoms with van der Waals surface area (Å²) in [4.78, 5) is 25.7. The molecule has 1 aromatic rings. The van der Waals surface area contributed by atoms with E-state index >= 15 is 0 Å². The minimum atomic E-state index is -3.56. The lowest BCUT2D eigenvalue weighted by Crippen LogP contribution is -2.44. The summed E-state index contributed by atoms with van der Waals surface area (Å²) >= 11 is 0. The van der Waals surface area contributed by atoms with Crippen molar-refractivity contribution in [3.63, 3.8) is 0 Å². The van der Waals surface area contributed by atoms with Crippen molar-refractivity contribution < 1.29 is 22.8 Å². The molecule has 3 N–H and O–H groups in total. The Morgan fingerprint density at radius 2 is 1.80 bits per heavy atom. The largest absolute Gasteiger partial charge is 0.334 e. The van der Waals surface area contributed by atoms with Crippen molar-refractivity contribution in [2.24, 2.45) is 11.7 Å². The predicted octanol–water partition coefficient (Wildman–Crippen LogP) is 2.27. The van der Waals surface area contributed by atoms with Gasteiger partial charge < -0.3 is 16.0 Å². The van der Waals surface area contributed by atoms with Crippen molar-refractivity contribution in [2.45, 2.75) is 25.2 Å².